The Morgan fingerprint density at radius 3 is 2.77 bits per heavy atom. The molecular formula is C12H15ClN4O4S. The number of carbonyl (C=O) groups is 1. The second-order valence-corrected chi connectivity index (χ2v) is 5.17. The molecule has 0 unspecified atom stereocenters. The van der Waals surface area contributed by atoms with Gasteiger partial charge in [0.2, 0.25) is 0 Å². The van der Waals surface area contributed by atoms with E-state index in [-0.39, 0.29) is 21.7 Å². The van der Waals surface area contributed by atoms with Crippen LogP contribution in [-0.4, -0.2) is 35.7 Å². The smallest absolute Gasteiger partial charge is 0.283 e. The summed E-state index contributed by atoms with van der Waals surface area (Å²) >= 11 is 10.7. The molecule has 0 saturated heterocycles. The third-order valence-electron chi connectivity index (χ3n) is 2.48. The highest BCUT2D eigenvalue weighted by molar-refractivity contribution is 7.80. The van der Waals surface area contributed by atoms with Crippen LogP contribution in [0.4, 0.5) is 5.69 Å². The number of nitro benzene ring substituents is 1. The normalized spacial score (nSPS) is 11.4. The SMILES string of the molecule is COC[C@@H](C)NC(=S)NNC(=O)c1ccc(Cl)cc1[N+](=O)[O-]. The zero-order chi connectivity index (χ0) is 16.7. The maximum atomic E-state index is 12.0. The highest BCUT2D eigenvalue weighted by Gasteiger charge is 2.20. The first-order valence-corrected chi connectivity index (χ1v) is 6.93. The summed E-state index contributed by atoms with van der Waals surface area (Å²) in [6.45, 7) is 2.27. The van der Waals surface area contributed by atoms with Crippen molar-refractivity contribution in [2.45, 2.75) is 13.0 Å². The molecule has 1 aromatic carbocycles. The summed E-state index contributed by atoms with van der Waals surface area (Å²) < 4.78 is 4.93. The number of thiocarbonyl (C=S) groups is 1. The molecule has 3 N–H and O–H groups in total. The number of rotatable bonds is 5. The van der Waals surface area contributed by atoms with E-state index in [1.807, 2.05) is 6.92 Å². The zero-order valence-electron chi connectivity index (χ0n) is 11.9. The first-order chi connectivity index (χ1) is 10.3. The van der Waals surface area contributed by atoms with Crippen molar-refractivity contribution in [2.75, 3.05) is 13.7 Å². The Kier molecular flexibility index (Phi) is 6.96. The van der Waals surface area contributed by atoms with Crippen LogP contribution in [-0.2, 0) is 4.74 Å². The van der Waals surface area contributed by atoms with E-state index >= 15 is 0 Å². The number of nitrogens with zero attached hydrogens (tertiary/aromatic N) is 1. The number of benzene rings is 1. The Morgan fingerprint density at radius 1 is 1.50 bits per heavy atom. The molecule has 10 heteroatoms. The fourth-order valence-corrected chi connectivity index (χ4v) is 2.00. The molecule has 0 spiro atoms. The second-order valence-electron chi connectivity index (χ2n) is 4.33. The van der Waals surface area contributed by atoms with Crippen LogP contribution in [0.1, 0.15) is 17.3 Å². The number of nitro groups is 1. The maximum Gasteiger partial charge on any atom is 0.283 e. The number of hydrazine groups is 1. The van der Waals surface area contributed by atoms with Crippen LogP contribution >= 0.6 is 23.8 Å². The number of hydrogen-bond donors (Lipinski definition) is 3. The van der Waals surface area contributed by atoms with Crippen LogP contribution in [0, 0.1) is 10.1 Å². The predicted molar refractivity (Wildman–Crippen MR) is 85.8 cm³/mol. The molecule has 8 nitrogen and oxygen atoms in total. The summed E-state index contributed by atoms with van der Waals surface area (Å²) in [6.07, 6.45) is 0. The van der Waals surface area contributed by atoms with Crippen LogP contribution in [0.5, 0.6) is 0 Å². The van der Waals surface area contributed by atoms with Crippen molar-refractivity contribution < 1.29 is 14.5 Å². The van der Waals surface area contributed by atoms with Gasteiger partial charge in [-0.3, -0.25) is 25.8 Å². The molecule has 0 aliphatic rings. The Morgan fingerprint density at radius 2 is 2.18 bits per heavy atom. The molecular weight excluding hydrogens is 332 g/mol. The lowest BCUT2D eigenvalue weighted by Gasteiger charge is -2.16. The number of ether oxygens (including phenoxy) is 1. The van der Waals surface area contributed by atoms with Gasteiger partial charge in [-0.15, -0.1) is 0 Å². The van der Waals surface area contributed by atoms with Crippen molar-refractivity contribution in [2.24, 2.45) is 0 Å². The fraction of sp³-hybridized carbons (Fsp3) is 0.333. The molecule has 0 aromatic heterocycles. The number of amides is 1. The van der Waals surface area contributed by atoms with E-state index in [0.717, 1.165) is 6.07 Å². The number of nitrogens with one attached hydrogen (secondary N) is 3. The molecule has 120 valence electrons. The van der Waals surface area contributed by atoms with Crippen molar-refractivity contribution in [1.82, 2.24) is 16.2 Å². The minimum absolute atomic E-state index is 0.0632. The van der Waals surface area contributed by atoms with Crippen LogP contribution in [0.2, 0.25) is 5.02 Å². The molecule has 0 aliphatic carbocycles. The third kappa shape index (κ3) is 5.43. The monoisotopic (exact) mass is 346 g/mol. The third-order valence-corrected chi connectivity index (χ3v) is 2.94. The highest BCUT2D eigenvalue weighted by Crippen LogP contribution is 2.22. The van der Waals surface area contributed by atoms with Gasteiger partial charge < -0.3 is 10.1 Å². The van der Waals surface area contributed by atoms with Gasteiger partial charge in [-0.05, 0) is 31.3 Å². The van der Waals surface area contributed by atoms with Gasteiger partial charge in [0.15, 0.2) is 5.11 Å². The lowest BCUT2D eigenvalue weighted by molar-refractivity contribution is -0.385. The number of carbonyl (C=O) groups excluding carboxylic acids is 1. The Bertz CT molecular complexity index is 584. The molecule has 0 radical (unpaired) electrons. The first kappa shape index (κ1) is 18.1. The van der Waals surface area contributed by atoms with Gasteiger partial charge in [-0.2, -0.15) is 0 Å². The molecule has 0 heterocycles. The molecule has 1 amide bonds. The maximum absolute atomic E-state index is 12.0. The number of hydrogen-bond acceptors (Lipinski definition) is 5. The first-order valence-electron chi connectivity index (χ1n) is 6.15. The van der Waals surface area contributed by atoms with Gasteiger partial charge in [0.1, 0.15) is 5.56 Å². The molecule has 0 bridgehead atoms. The number of halogens is 1. The van der Waals surface area contributed by atoms with E-state index in [1.54, 1.807) is 7.11 Å². The van der Waals surface area contributed by atoms with Gasteiger partial charge in [0, 0.05) is 24.2 Å². The van der Waals surface area contributed by atoms with Crippen molar-refractivity contribution in [3.05, 3.63) is 38.9 Å². The molecule has 1 atom stereocenters. The minimum Gasteiger partial charge on any atom is -0.383 e. The zero-order valence-corrected chi connectivity index (χ0v) is 13.5. The molecule has 22 heavy (non-hydrogen) atoms. The average molecular weight is 347 g/mol. The van der Waals surface area contributed by atoms with Crippen molar-refractivity contribution in [1.29, 1.82) is 0 Å². The summed E-state index contributed by atoms with van der Waals surface area (Å²) in [5.74, 6) is -0.702. The van der Waals surface area contributed by atoms with Gasteiger partial charge in [0.05, 0.1) is 11.5 Å². The highest BCUT2D eigenvalue weighted by atomic mass is 35.5. The van der Waals surface area contributed by atoms with Gasteiger partial charge in [-0.25, -0.2) is 0 Å². The second kappa shape index (κ2) is 8.47. The van der Waals surface area contributed by atoms with E-state index < -0.39 is 16.5 Å². The summed E-state index contributed by atoms with van der Waals surface area (Å²) in [6, 6.07) is 3.70. The number of methoxy groups -OCH3 is 1. The van der Waals surface area contributed by atoms with Gasteiger partial charge in [0.25, 0.3) is 11.6 Å². The molecule has 0 aliphatic heterocycles. The van der Waals surface area contributed by atoms with E-state index in [0.29, 0.717) is 6.61 Å². The van der Waals surface area contributed by atoms with Crippen LogP contribution in [0.3, 0.4) is 0 Å². The minimum atomic E-state index is -0.702. The standard InChI is InChI=1S/C12H15ClN4O4S/c1-7(6-21-2)14-12(22)16-15-11(18)9-4-3-8(13)5-10(9)17(19)20/h3-5,7H,6H2,1-2H3,(H,15,18)(H2,14,16,22)/t7-/m1/s1. The van der Waals surface area contributed by atoms with Gasteiger partial charge in [-0.1, -0.05) is 11.6 Å². The van der Waals surface area contributed by atoms with Crippen molar-refractivity contribution in [3.8, 4) is 0 Å². The quantitative estimate of drug-likeness (QED) is 0.420. The lowest BCUT2D eigenvalue weighted by Crippen LogP contribution is -2.50. The van der Waals surface area contributed by atoms with Crippen LogP contribution in [0.15, 0.2) is 18.2 Å². The molecule has 0 saturated carbocycles. The average Bonchev–Trinajstić information content (AvgIpc) is 2.44. The summed E-state index contributed by atoms with van der Waals surface area (Å²) in [4.78, 5) is 22.2. The summed E-state index contributed by atoms with van der Waals surface area (Å²) in [7, 11) is 1.55. The molecule has 1 aromatic rings. The largest absolute Gasteiger partial charge is 0.383 e. The lowest BCUT2D eigenvalue weighted by atomic mass is 10.2. The van der Waals surface area contributed by atoms with Crippen molar-refractivity contribution in [3.63, 3.8) is 0 Å². The summed E-state index contributed by atoms with van der Waals surface area (Å²) in [5.41, 5.74) is 4.22. The van der Waals surface area contributed by atoms with Crippen LogP contribution in [0.25, 0.3) is 0 Å². The predicted octanol–water partition coefficient (Wildman–Crippen LogP) is 1.39. The van der Waals surface area contributed by atoms with Gasteiger partial charge >= 0.3 is 0 Å². The van der Waals surface area contributed by atoms with E-state index in [1.165, 1.54) is 12.1 Å². The van der Waals surface area contributed by atoms with E-state index in [4.69, 9.17) is 28.6 Å². The fourth-order valence-electron chi connectivity index (χ4n) is 1.58. The molecule has 1 rings (SSSR count). The Hall–Kier alpha value is -1.97. The van der Waals surface area contributed by atoms with Crippen molar-refractivity contribution >= 4 is 40.5 Å². The Labute approximate surface area is 137 Å². The van der Waals surface area contributed by atoms with Crippen LogP contribution < -0.4 is 16.2 Å². The summed E-state index contributed by atoms with van der Waals surface area (Å²) in [5, 5.41) is 14.1. The topological polar surface area (TPSA) is 106 Å². The molecule has 0 fully saturated rings. The van der Waals surface area contributed by atoms with E-state index in [9.17, 15) is 14.9 Å². The Balaban J connectivity index is 2.66. The van der Waals surface area contributed by atoms with E-state index in [2.05, 4.69) is 16.2 Å².